The minimum atomic E-state index is -0.973. The molecule has 3 heterocycles. The van der Waals surface area contributed by atoms with Crippen LogP contribution >= 0.6 is 11.6 Å². The number of piperidine rings is 1. The standard InChI is InChI=1S/C29H29ClF2N4O4/c1-39-12-11-36-26-14-19(29(37)38)5-6-25(26)33-27(36)16-35-9-7-18(8-10-35)24-3-2-4-28(34-24)40-17-20-13-23(32)21(30)15-22(20)31/h2-6,13-15,18H,7-12,16-17H2,1H3,(H,37,38). The third kappa shape index (κ3) is 6.24. The first-order chi connectivity index (χ1) is 19.3. The molecule has 0 bridgehead atoms. The van der Waals surface area contributed by atoms with Crippen molar-refractivity contribution in [2.24, 2.45) is 0 Å². The van der Waals surface area contributed by atoms with E-state index in [1.807, 2.05) is 16.7 Å². The molecule has 4 aromatic rings. The number of halogens is 3. The summed E-state index contributed by atoms with van der Waals surface area (Å²) in [4.78, 5) is 23.2. The second kappa shape index (κ2) is 12.3. The smallest absolute Gasteiger partial charge is 0.335 e. The minimum absolute atomic E-state index is 0.0677. The van der Waals surface area contributed by atoms with E-state index in [0.717, 1.165) is 60.6 Å². The number of hydrogen-bond acceptors (Lipinski definition) is 6. The maximum absolute atomic E-state index is 14.1. The van der Waals surface area contributed by atoms with Crippen LogP contribution in [0.1, 0.15) is 46.2 Å². The molecule has 0 unspecified atom stereocenters. The topological polar surface area (TPSA) is 89.7 Å². The van der Waals surface area contributed by atoms with Crippen molar-refractivity contribution in [3.63, 3.8) is 0 Å². The maximum Gasteiger partial charge on any atom is 0.335 e. The summed E-state index contributed by atoms with van der Waals surface area (Å²) in [6.45, 7) is 3.20. The fourth-order valence-electron chi connectivity index (χ4n) is 5.01. The van der Waals surface area contributed by atoms with Crippen molar-refractivity contribution in [1.82, 2.24) is 19.4 Å². The number of hydrogen-bond donors (Lipinski definition) is 1. The van der Waals surface area contributed by atoms with Gasteiger partial charge in [0.2, 0.25) is 5.88 Å². The molecule has 0 atom stereocenters. The van der Waals surface area contributed by atoms with Crippen LogP contribution in [0.15, 0.2) is 48.5 Å². The predicted molar refractivity (Wildman–Crippen MR) is 146 cm³/mol. The minimum Gasteiger partial charge on any atom is -0.478 e. The number of carboxylic acid groups (broad SMARTS) is 1. The van der Waals surface area contributed by atoms with E-state index in [9.17, 15) is 18.7 Å². The Hall–Kier alpha value is -3.60. The number of pyridine rings is 1. The number of imidazole rings is 1. The monoisotopic (exact) mass is 570 g/mol. The highest BCUT2D eigenvalue weighted by atomic mass is 35.5. The van der Waals surface area contributed by atoms with Crippen LogP contribution in [0.4, 0.5) is 8.78 Å². The summed E-state index contributed by atoms with van der Waals surface area (Å²) >= 11 is 5.63. The lowest BCUT2D eigenvalue weighted by Crippen LogP contribution is -2.33. The van der Waals surface area contributed by atoms with Crippen LogP contribution in [0.2, 0.25) is 5.02 Å². The van der Waals surface area contributed by atoms with Crippen LogP contribution in [0, 0.1) is 11.6 Å². The number of fused-ring (bicyclic) bond motifs is 1. The van der Waals surface area contributed by atoms with Gasteiger partial charge in [-0.1, -0.05) is 17.7 Å². The van der Waals surface area contributed by atoms with Crippen LogP contribution in [0.5, 0.6) is 5.88 Å². The van der Waals surface area contributed by atoms with E-state index in [1.165, 1.54) is 0 Å². The van der Waals surface area contributed by atoms with Crippen LogP contribution in [-0.4, -0.2) is 57.3 Å². The second-order valence-electron chi connectivity index (χ2n) is 9.78. The molecular weight excluding hydrogens is 542 g/mol. The first kappa shape index (κ1) is 27.9. The highest BCUT2D eigenvalue weighted by Gasteiger charge is 2.24. The largest absolute Gasteiger partial charge is 0.478 e. The number of aromatic nitrogens is 3. The average Bonchev–Trinajstić information content (AvgIpc) is 3.29. The van der Waals surface area contributed by atoms with E-state index in [-0.39, 0.29) is 28.7 Å². The van der Waals surface area contributed by atoms with Crippen molar-refractivity contribution >= 4 is 28.6 Å². The molecule has 40 heavy (non-hydrogen) atoms. The third-order valence-corrected chi connectivity index (χ3v) is 7.46. The van der Waals surface area contributed by atoms with Crippen LogP contribution in [0.25, 0.3) is 11.0 Å². The van der Waals surface area contributed by atoms with Crippen molar-refractivity contribution in [2.45, 2.75) is 38.5 Å². The molecule has 210 valence electrons. The maximum atomic E-state index is 14.1. The van der Waals surface area contributed by atoms with Crippen LogP contribution < -0.4 is 4.74 Å². The Morgan fingerprint density at radius 1 is 1.10 bits per heavy atom. The molecular formula is C29H29ClF2N4O4. The molecule has 11 heteroatoms. The van der Waals surface area contributed by atoms with Gasteiger partial charge < -0.3 is 19.1 Å². The van der Waals surface area contributed by atoms with Crippen molar-refractivity contribution < 1.29 is 28.2 Å². The quantitative estimate of drug-likeness (QED) is 0.246. The molecule has 0 amide bonds. The van der Waals surface area contributed by atoms with Gasteiger partial charge >= 0.3 is 5.97 Å². The molecule has 0 radical (unpaired) electrons. The van der Waals surface area contributed by atoms with Crippen molar-refractivity contribution in [3.8, 4) is 5.88 Å². The van der Waals surface area contributed by atoms with Crippen molar-refractivity contribution in [1.29, 1.82) is 0 Å². The van der Waals surface area contributed by atoms with Crippen molar-refractivity contribution in [2.75, 3.05) is 26.8 Å². The van der Waals surface area contributed by atoms with E-state index in [4.69, 9.17) is 26.1 Å². The Bertz CT molecular complexity index is 1520. The summed E-state index contributed by atoms with van der Waals surface area (Å²) in [5.74, 6) is -0.855. The van der Waals surface area contributed by atoms with Crippen LogP contribution in [-0.2, 0) is 24.4 Å². The van der Waals surface area contributed by atoms with Gasteiger partial charge in [-0.25, -0.2) is 23.5 Å². The van der Waals surface area contributed by atoms with Gasteiger partial charge in [-0.3, -0.25) is 4.90 Å². The van der Waals surface area contributed by atoms with Gasteiger partial charge in [-0.2, -0.15) is 0 Å². The number of carboxylic acids is 1. The number of ether oxygens (including phenoxy) is 2. The molecule has 8 nitrogen and oxygen atoms in total. The Kier molecular flexibility index (Phi) is 8.58. The number of rotatable bonds is 10. The zero-order valence-electron chi connectivity index (χ0n) is 21.9. The summed E-state index contributed by atoms with van der Waals surface area (Å²) in [6, 6.07) is 12.5. The number of nitrogens with zero attached hydrogens (tertiary/aromatic N) is 4. The van der Waals surface area contributed by atoms with E-state index in [1.54, 1.807) is 31.4 Å². The molecule has 5 rings (SSSR count). The van der Waals surface area contributed by atoms with Crippen LogP contribution in [0.3, 0.4) is 0 Å². The van der Waals surface area contributed by atoms with Gasteiger partial charge in [-0.15, -0.1) is 0 Å². The lowest BCUT2D eigenvalue weighted by atomic mass is 9.93. The molecule has 0 aliphatic carbocycles. The molecule has 1 aliphatic heterocycles. The first-order valence-corrected chi connectivity index (χ1v) is 13.4. The van der Waals surface area contributed by atoms with Gasteiger partial charge in [-0.05, 0) is 62.3 Å². The molecule has 0 saturated carbocycles. The molecule has 1 N–H and O–H groups in total. The Morgan fingerprint density at radius 3 is 2.65 bits per heavy atom. The molecule has 1 fully saturated rings. The predicted octanol–water partition coefficient (Wildman–Crippen LogP) is 5.67. The van der Waals surface area contributed by atoms with Gasteiger partial charge in [0.1, 0.15) is 24.1 Å². The highest BCUT2D eigenvalue weighted by molar-refractivity contribution is 6.30. The SMILES string of the molecule is COCCn1c(CN2CCC(c3cccc(OCc4cc(F)c(Cl)cc4F)n3)CC2)nc2ccc(C(=O)O)cc21. The fraction of sp³-hybridized carbons (Fsp3) is 0.345. The number of likely N-dealkylation sites (tertiary alicyclic amines) is 1. The Labute approximate surface area is 235 Å². The number of aromatic carboxylic acids is 1. The Balaban J connectivity index is 1.23. The lowest BCUT2D eigenvalue weighted by Gasteiger charge is -2.31. The first-order valence-electron chi connectivity index (χ1n) is 13.0. The van der Waals surface area contributed by atoms with E-state index < -0.39 is 17.6 Å². The number of carbonyl (C=O) groups is 1. The van der Waals surface area contributed by atoms with Gasteiger partial charge in [0.25, 0.3) is 0 Å². The summed E-state index contributed by atoms with van der Waals surface area (Å²) in [5, 5.41) is 9.15. The molecule has 1 saturated heterocycles. The summed E-state index contributed by atoms with van der Waals surface area (Å²) in [7, 11) is 1.64. The van der Waals surface area contributed by atoms with Gasteiger partial charge in [0.05, 0.1) is 34.8 Å². The zero-order valence-corrected chi connectivity index (χ0v) is 22.7. The van der Waals surface area contributed by atoms with E-state index in [0.29, 0.717) is 25.6 Å². The summed E-state index contributed by atoms with van der Waals surface area (Å²) in [5.41, 5.74) is 2.73. The zero-order chi connectivity index (χ0) is 28.2. The van der Waals surface area contributed by atoms with E-state index in [2.05, 4.69) is 9.88 Å². The third-order valence-electron chi connectivity index (χ3n) is 7.17. The average molecular weight is 571 g/mol. The van der Waals surface area contributed by atoms with Crippen molar-refractivity contribution in [3.05, 3.63) is 87.8 Å². The van der Waals surface area contributed by atoms with Gasteiger partial charge in [0, 0.05) is 36.9 Å². The molecule has 2 aromatic heterocycles. The molecule has 1 aliphatic rings. The number of methoxy groups -OCH3 is 1. The Morgan fingerprint density at radius 2 is 1.90 bits per heavy atom. The summed E-state index contributed by atoms with van der Waals surface area (Å²) < 4.78 is 40.8. The highest BCUT2D eigenvalue weighted by Crippen LogP contribution is 2.29. The number of benzene rings is 2. The normalized spacial score (nSPS) is 14.6. The molecule has 0 spiro atoms. The van der Waals surface area contributed by atoms with E-state index >= 15 is 0 Å². The molecule has 2 aromatic carbocycles. The fourth-order valence-corrected chi connectivity index (χ4v) is 5.16. The second-order valence-corrected chi connectivity index (χ2v) is 10.2. The van der Waals surface area contributed by atoms with Gasteiger partial charge in [0.15, 0.2) is 0 Å². The lowest BCUT2D eigenvalue weighted by molar-refractivity contribution is 0.0697. The summed E-state index contributed by atoms with van der Waals surface area (Å²) in [6.07, 6.45) is 1.77.